The number of thiazole rings is 1. The van der Waals surface area contributed by atoms with Gasteiger partial charge >= 0.3 is 0 Å². The third kappa shape index (κ3) is 3.21. The molecular weight excluding hydrogens is 354 g/mol. The number of hydrogen-bond acceptors (Lipinski definition) is 8. The molecule has 4 N–H and O–H groups in total. The third-order valence-corrected chi connectivity index (χ3v) is 6.47. The Kier molecular flexibility index (Phi) is 5.13. The van der Waals surface area contributed by atoms with Gasteiger partial charge in [0.05, 0.1) is 34.7 Å². The Labute approximate surface area is 156 Å². The van der Waals surface area contributed by atoms with E-state index in [1.165, 1.54) is 4.70 Å². The first-order valence-electron chi connectivity index (χ1n) is 9.04. The van der Waals surface area contributed by atoms with Gasteiger partial charge in [0.2, 0.25) is 0 Å². The van der Waals surface area contributed by atoms with E-state index < -0.39 is 24.4 Å². The van der Waals surface area contributed by atoms with Crippen LogP contribution in [-0.4, -0.2) is 87.4 Å². The number of hydrogen-bond donors (Lipinski definition) is 4. The molecule has 2 fully saturated rings. The maximum Gasteiger partial charge on any atom is 0.109 e. The van der Waals surface area contributed by atoms with Gasteiger partial charge in [-0.05, 0) is 24.5 Å². The molecule has 1 aromatic heterocycles. The summed E-state index contributed by atoms with van der Waals surface area (Å²) in [6.07, 6.45) is -2.32. The number of rotatable bonds is 4. The summed E-state index contributed by atoms with van der Waals surface area (Å²) in [6.45, 7) is 2.52. The third-order valence-electron chi connectivity index (χ3n) is 5.67. The Morgan fingerprint density at radius 1 is 1.15 bits per heavy atom. The van der Waals surface area contributed by atoms with Gasteiger partial charge in [-0.25, -0.2) is 4.98 Å². The number of anilines is 1. The summed E-state index contributed by atoms with van der Waals surface area (Å²) in [4.78, 5) is 8.75. The quantitative estimate of drug-likeness (QED) is 0.588. The average Bonchev–Trinajstić information content (AvgIpc) is 3.29. The van der Waals surface area contributed by atoms with Gasteiger partial charge in [-0.1, -0.05) is 6.07 Å². The molecule has 0 radical (unpaired) electrons. The number of β-amino-alcohol motifs (C(OH)–C–C–N with tert-alkyl or cyclic N) is 1. The highest BCUT2D eigenvalue weighted by Gasteiger charge is 2.42. The molecule has 2 aliphatic heterocycles. The van der Waals surface area contributed by atoms with E-state index in [0.29, 0.717) is 12.5 Å². The molecule has 3 heterocycles. The topological polar surface area (TPSA) is 100 Å². The normalized spacial score (nSPS) is 33.2. The summed E-state index contributed by atoms with van der Waals surface area (Å²) < 4.78 is 1.18. The minimum absolute atomic E-state index is 0.237. The summed E-state index contributed by atoms with van der Waals surface area (Å²) >= 11 is 1.64. The van der Waals surface area contributed by atoms with Crippen molar-refractivity contribution in [3.05, 3.63) is 23.7 Å². The van der Waals surface area contributed by atoms with E-state index in [4.69, 9.17) is 0 Å². The molecule has 142 valence electrons. The van der Waals surface area contributed by atoms with Gasteiger partial charge in [-0.15, -0.1) is 11.3 Å². The van der Waals surface area contributed by atoms with E-state index in [9.17, 15) is 20.4 Å². The molecule has 2 aromatic rings. The highest BCUT2D eigenvalue weighted by molar-refractivity contribution is 7.16. The van der Waals surface area contributed by atoms with Crippen LogP contribution in [0.15, 0.2) is 23.7 Å². The monoisotopic (exact) mass is 379 g/mol. The van der Waals surface area contributed by atoms with Crippen LogP contribution in [-0.2, 0) is 0 Å². The first kappa shape index (κ1) is 18.1. The maximum absolute atomic E-state index is 10.1. The Balaban J connectivity index is 1.45. The van der Waals surface area contributed by atoms with Crippen molar-refractivity contribution in [3.63, 3.8) is 0 Å². The minimum atomic E-state index is -1.20. The van der Waals surface area contributed by atoms with Gasteiger partial charge in [0.1, 0.15) is 17.7 Å². The van der Waals surface area contributed by atoms with Crippen LogP contribution in [0, 0.1) is 5.92 Å². The number of aromatic nitrogens is 1. The Morgan fingerprint density at radius 2 is 2.00 bits per heavy atom. The number of para-hydroxylation sites is 1. The van der Waals surface area contributed by atoms with E-state index in [0.717, 1.165) is 30.7 Å². The van der Waals surface area contributed by atoms with Gasteiger partial charge in [-0.3, -0.25) is 4.90 Å². The van der Waals surface area contributed by atoms with Crippen LogP contribution >= 0.6 is 11.3 Å². The van der Waals surface area contributed by atoms with Crippen LogP contribution in [0.5, 0.6) is 0 Å². The van der Waals surface area contributed by atoms with Crippen molar-refractivity contribution < 1.29 is 20.4 Å². The smallest absolute Gasteiger partial charge is 0.109 e. The molecule has 0 amide bonds. The molecule has 1 aromatic carbocycles. The molecule has 0 unspecified atom stereocenters. The van der Waals surface area contributed by atoms with Crippen molar-refractivity contribution in [2.75, 3.05) is 37.7 Å². The van der Waals surface area contributed by atoms with Gasteiger partial charge < -0.3 is 25.3 Å². The van der Waals surface area contributed by atoms with E-state index in [2.05, 4.69) is 28.1 Å². The number of likely N-dealkylation sites (tertiary alicyclic amines) is 1. The van der Waals surface area contributed by atoms with Crippen molar-refractivity contribution in [1.82, 2.24) is 9.88 Å². The molecule has 26 heavy (non-hydrogen) atoms. The highest BCUT2D eigenvalue weighted by Crippen LogP contribution is 2.32. The fourth-order valence-corrected chi connectivity index (χ4v) is 4.94. The van der Waals surface area contributed by atoms with Gasteiger partial charge in [0.15, 0.2) is 0 Å². The lowest BCUT2D eigenvalue weighted by Crippen LogP contribution is -2.63. The number of piperidine rings is 1. The Morgan fingerprint density at radius 3 is 2.81 bits per heavy atom. The molecular formula is C18H25N3O4S. The summed E-state index contributed by atoms with van der Waals surface area (Å²) in [5.74, 6) is 0.368. The zero-order valence-electron chi connectivity index (χ0n) is 14.5. The average molecular weight is 379 g/mol. The van der Waals surface area contributed by atoms with Crippen molar-refractivity contribution in [2.45, 2.75) is 30.8 Å². The first-order valence-corrected chi connectivity index (χ1v) is 9.92. The second kappa shape index (κ2) is 7.38. The maximum atomic E-state index is 10.1. The number of benzene rings is 1. The SMILES string of the molecule is OC[C@H]1[C@@H](O)[C@H](O)[C@@H](O)CN1C[C@H]1CCN(c2cccc3scnc23)C1. The van der Waals surface area contributed by atoms with Crippen LogP contribution in [0.3, 0.4) is 0 Å². The van der Waals surface area contributed by atoms with Crippen molar-refractivity contribution >= 4 is 27.2 Å². The zero-order chi connectivity index (χ0) is 18.3. The molecule has 5 atom stereocenters. The molecule has 8 heteroatoms. The van der Waals surface area contributed by atoms with Gasteiger partial charge in [0, 0.05) is 26.2 Å². The van der Waals surface area contributed by atoms with Crippen LogP contribution in [0.25, 0.3) is 10.2 Å². The summed E-state index contributed by atoms with van der Waals surface area (Å²) in [6, 6.07) is 5.71. The number of aliphatic hydroxyl groups is 4. The molecule has 4 rings (SSSR count). The molecule has 0 aliphatic carbocycles. The second-order valence-corrected chi connectivity index (χ2v) is 8.22. The van der Waals surface area contributed by atoms with Crippen LogP contribution in [0.4, 0.5) is 5.69 Å². The second-order valence-electron chi connectivity index (χ2n) is 7.33. The zero-order valence-corrected chi connectivity index (χ0v) is 15.3. The van der Waals surface area contributed by atoms with Crippen LogP contribution in [0.2, 0.25) is 0 Å². The van der Waals surface area contributed by atoms with Crippen LogP contribution < -0.4 is 4.90 Å². The van der Waals surface area contributed by atoms with E-state index in [1.807, 2.05) is 10.4 Å². The lowest BCUT2D eigenvalue weighted by atomic mass is 9.93. The summed E-state index contributed by atoms with van der Waals surface area (Å²) in [7, 11) is 0. The van der Waals surface area contributed by atoms with Gasteiger partial charge in [0.25, 0.3) is 0 Å². The van der Waals surface area contributed by atoms with Crippen molar-refractivity contribution in [3.8, 4) is 0 Å². The number of nitrogens with zero attached hydrogens (tertiary/aromatic N) is 3. The fourth-order valence-electron chi connectivity index (χ4n) is 4.25. The van der Waals surface area contributed by atoms with Crippen molar-refractivity contribution in [1.29, 1.82) is 0 Å². The molecule has 7 nitrogen and oxygen atoms in total. The van der Waals surface area contributed by atoms with Crippen LogP contribution in [0.1, 0.15) is 6.42 Å². The van der Waals surface area contributed by atoms with E-state index in [-0.39, 0.29) is 13.2 Å². The standard InChI is InChI=1S/C18H25N3O4S/c22-9-13-17(24)18(25)14(23)8-21(13)7-11-4-5-20(6-11)12-2-1-3-15-16(12)19-10-26-15/h1-3,10-11,13-14,17-18,22-25H,4-9H2/t11-,13-,14-,17+,18+/m0/s1. The summed E-state index contributed by atoms with van der Waals surface area (Å²) in [5.41, 5.74) is 4.06. The lowest BCUT2D eigenvalue weighted by Gasteiger charge is -2.44. The first-order chi connectivity index (χ1) is 12.6. The molecule has 0 spiro atoms. The lowest BCUT2D eigenvalue weighted by molar-refractivity contribution is -0.146. The molecule has 0 bridgehead atoms. The molecule has 2 aliphatic rings. The predicted molar refractivity (Wildman–Crippen MR) is 100 cm³/mol. The van der Waals surface area contributed by atoms with E-state index in [1.54, 1.807) is 11.3 Å². The predicted octanol–water partition coefficient (Wildman–Crippen LogP) is -0.118. The van der Waals surface area contributed by atoms with E-state index >= 15 is 0 Å². The molecule has 0 saturated carbocycles. The fraction of sp³-hybridized carbons (Fsp3) is 0.611. The molecule has 2 saturated heterocycles. The Bertz CT molecular complexity index is 757. The highest BCUT2D eigenvalue weighted by atomic mass is 32.1. The van der Waals surface area contributed by atoms with Crippen molar-refractivity contribution in [2.24, 2.45) is 5.92 Å². The number of fused-ring (bicyclic) bond motifs is 1. The largest absolute Gasteiger partial charge is 0.395 e. The minimum Gasteiger partial charge on any atom is -0.395 e. The summed E-state index contributed by atoms with van der Waals surface area (Å²) in [5, 5.41) is 39.6. The number of aliphatic hydroxyl groups excluding tert-OH is 4. The Hall–Kier alpha value is -1.29. The van der Waals surface area contributed by atoms with Gasteiger partial charge in [-0.2, -0.15) is 0 Å².